The van der Waals surface area contributed by atoms with Crippen LogP contribution in [0.4, 0.5) is 0 Å². The third kappa shape index (κ3) is 3.53. The number of aryl methyl sites for hydroxylation is 1. The summed E-state index contributed by atoms with van der Waals surface area (Å²) in [6, 6.07) is 7.31. The number of hydrogen-bond acceptors (Lipinski definition) is 5. The van der Waals surface area contributed by atoms with Gasteiger partial charge in [-0.25, -0.2) is 9.97 Å². The Morgan fingerprint density at radius 1 is 1.15 bits per heavy atom. The van der Waals surface area contributed by atoms with Crippen LogP contribution >= 0.6 is 0 Å². The first-order chi connectivity index (χ1) is 9.72. The molecule has 2 rings (SSSR count). The van der Waals surface area contributed by atoms with Gasteiger partial charge in [0.25, 0.3) is 0 Å². The van der Waals surface area contributed by atoms with E-state index in [0.29, 0.717) is 30.4 Å². The average molecular weight is 274 g/mol. The number of aromatic nitrogens is 2. The first-order valence-electron chi connectivity index (χ1n) is 6.39. The topological polar surface area (TPSA) is 64.5 Å². The summed E-state index contributed by atoms with van der Waals surface area (Å²) in [7, 11) is 1.62. The molecule has 0 saturated carbocycles. The highest BCUT2D eigenvalue weighted by Gasteiger charge is 2.17. The van der Waals surface area contributed by atoms with Crippen LogP contribution in [0.2, 0.25) is 0 Å². The molecule has 106 valence electrons. The lowest BCUT2D eigenvalue weighted by molar-refractivity contribution is 0.142. The standard InChI is InChI=1S/C15H18N2O3/c1-11-9-16-15(17-10-11)14(18)12-5-3-4-6-13(12)20-8-7-19-2/h3-6,9-10,14,18H,7-8H2,1-2H3. The second kappa shape index (κ2) is 6.98. The predicted molar refractivity (Wildman–Crippen MR) is 74.6 cm³/mol. The highest BCUT2D eigenvalue weighted by Crippen LogP contribution is 2.28. The van der Waals surface area contributed by atoms with Crippen molar-refractivity contribution >= 4 is 0 Å². The van der Waals surface area contributed by atoms with Gasteiger partial charge in [0.2, 0.25) is 0 Å². The van der Waals surface area contributed by atoms with Crippen LogP contribution in [-0.2, 0) is 4.74 Å². The molecule has 20 heavy (non-hydrogen) atoms. The molecule has 0 aliphatic heterocycles. The molecule has 0 spiro atoms. The van der Waals surface area contributed by atoms with Gasteiger partial charge in [0.1, 0.15) is 18.5 Å². The van der Waals surface area contributed by atoms with E-state index in [1.165, 1.54) is 0 Å². The normalized spacial score (nSPS) is 12.2. The smallest absolute Gasteiger partial charge is 0.161 e. The van der Waals surface area contributed by atoms with Gasteiger partial charge in [0.15, 0.2) is 5.82 Å². The Hall–Kier alpha value is -1.98. The van der Waals surface area contributed by atoms with Crippen LogP contribution in [0.3, 0.4) is 0 Å². The summed E-state index contributed by atoms with van der Waals surface area (Å²) >= 11 is 0. The summed E-state index contributed by atoms with van der Waals surface area (Å²) in [5.74, 6) is 0.972. The minimum atomic E-state index is -0.908. The fourth-order valence-corrected chi connectivity index (χ4v) is 1.76. The molecule has 0 aliphatic rings. The summed E-state index contributed by atoms with van der Waals surface area (Å²) in [6.45, 7) is 2.82. The summed E-state index contributed by atoms with van der Waals surface area (Å²) in [5, 5.41) is 10.4. The average Bonchev–Trinajstić information content (AvgIpc) is 2.48. The Kier molecular flexibility index (Phi) is 5.03. The SMILES string of the molecule is COCCOc1ccccc1C(O)c1ncc(C)cn1. The van der Waals surface area contributed by atoms with Crippen molar-refractivity contribution in [3.05, 3.63) is 53.6 Å². The molecule has 1 aromatic heterocycles. The van der Waals surface area contributed by atoms with E-state index in [2.05, 4.69) is 9.97 Å². The van der Waals surface area contributed by atoms with Crippen LogP contribution in [0, 0.1) is 6.92 Å². The maximum absolute atomic E-state index is 10.4. The van der Waals surface area contributed by atoms with E-state index in [1.54, 1.807) is 25.6 Å². The number of benzene rings is 1. The molecular formula is C15H18N2O3. The van der Waals surface area contributed by atoms with Gasteiger partial charge in [-0.2, -0.15) is 0 Å². The molecule has 5 nitrogen and oxygen atoms in total. The largest absolute Gasteiger partial charge is 0.491 e. The fourth-order valence-electron chi connectivity index (χ4n) is 1.76. The van der Waals surface area contributed by atoms with Gasteiger partial charge in [0.05, 0.1) is 6.61 Å². The molecule has 0 bridgehead atoms. The molecule has 1 atom stereocenters. The van der Waals surface area contributed by atoms with Crippen molar-refractivity contribution in [2.24, 2.45) is 0 Å². The molecule has 1 aromatic carbocycles. The van der Waals surface area contributed by atoms with E-state index in [9.17, 15) is 5.11 Å². The number of hydrogen-bond donors (Lipinski definition) is 1. The number of nitrogens with zero attached hydrogens (tertiary/aromatic N) is 2. The lowest BCUT2D eigenvalue weighted by Gasteiger charge is -2.15. The summed E-state index contributed by atoms with van der Waals surface area (Å²) in [6.07, 6.45) is 2.45. The first kappa shape index (κ1) is 14.4. The van der Waals surface area contributed by atoms with Crippen LogP contribution in [0.15, 0.2) is 36.7 Å². The highest BCUT2D eigenvalue weighted by molar-refractivity contribution is 5.37. The predicted octanol–water partition coefficient (Wildman–Crippen LogP) is 1.89. The van der Waals surface area contributed by atoms with E-state index in [-0.39, 0.29) is 0 Å². The van der Waals surface area contributed by atoms with E-state index in [4.69, 9.17) is 9.47 Å². The second-order valence-corrected chi connectivity index (χ2v) is 4.40. The zero-order valence-electron chi connectivity index (χ0n) is 11.6. The van der Waals surface area contributed by atoms with Crippen molar-refractivity contribution in [3.8, 4) is 5.75 Å². The Bertz CT molecular complexity index is 543. The van der Waals surface area contributed by atoms with Crippen LogP contribution in [0.5, 0.6) is 5.75 Å². The number of aliphatic hydroxyl groups excluding tert-OH is 1. The van der Waals surface area contributed by atoms with Gasteiger partial charge < -0.3 is 14.6 Å². The molecule has 0 fully saturated rings. The Morgan fingerprint density at radius 3 is 2.55 bits per heavy atom. The summed E-state index contributed by atoms with van der Waals surface area (Å²) in [4.78, 5) is 8.30. The Labute approximate surface area is 118 Å². The van der Waals surface area contributed by atoms with Crippen molar-refractivity contribution in [3.63, 3.8) is 0 Å². The second-order valence-electron chi connectivity index (χ2n) is 4.40. The quantitative estimate of drug-likeness (QED) is 0.815. The number of rotatable bonds is 6. The zero-order chi connectivity index (χ0) is 14.4. The molecule has 1 N–H and O–H groups in total. The van der Waals surface area contributed by atoms with Crippen molar-refractivity contribution < 1.29 is 14.6 Å². The molecule has 0 aliphatic carbocycles. The molecule has 0 saturated heterocycles. The number of aliphatic hydroxyl groups is 1. The molecule has 1 heterocycles. The van der Waals surface area contributed by atoms with Gasteiger partial charge in [-0.1, -0.05) is 18.2 Å². The van der Waals surface area contributed by atoms with Crippen molar-refractivity contribution in [2.45, 2.75) is 13.0 Å². The molecule has 1 unspecified atom stereocenters. The number of para-hydroxylation sites is 1. The molecular weight excluding hydrogens is 256 g/mol. The van der Waals surface area contributed by atoms with E-state index < -0.39 is 6.10 Å². The van der Waals surface area contributed by atoms with E-state index in [1.807, 2.05) is 25.1 Å². The lowest BCUT2D eigenvalue weighted by atomic mass is 10.1. The van der Waals surface area contributed by atoms with Crippen LogP contribution in [-0.4, -0.2) is 35.4 Å². The van der Waals surface area contributed by atoms with E-state index in [0.717, 1.165) is 5.56 Å². The van der Waals surface area contributed by atoms with Gasteiger partial charge in [0, 0.05) is 25.1 Å². The van der Waals surface area contributed by atoms with Crippen molar-refractivity contribution in [1.82, 2.24) is 9.97 Å². The number of ether oxygens (including phenoxy) is 2. The van der Waals surface area contributed by atoms with E-state index >= 15 is 0 Å². The van der Waals surface area contributed by atoms with Crippen molar-refractivity contribution in [2.75, 3.05) is 20.3 Å². The van der Waals surface area contributed by atoms with Crippen LogP contribution in [0.25, 0.3) is 0 Å². The van der Waals surface area contributed by atoms with Gasteiger partial charge in [-0.15, -0.1) is 0 Å². The van der Waals surface area contributed by atoms with Crippen LogP contribution < -0.4 is 4.74 Å². The Balaban J connectivity index is 2.20. The van der Waals surface area contributed by atoms with Gasteiger partial charge in [-0.3, -0.25) is 0 Å². The fraction of sp³-hybridized carbons (Fsp3) is 0.333. The molecule has 2 aromatic rings. The van der Waals surface area contributed by atoms with Gasteiger partial charge in [-0.05, 0) is 18.6 Å². The Morgan fingerprint density at radius 2 is 1.85 bits per heavy atom. The van der Waals surface area contributed by atoms with Crippen LogP contribution in [0.1, 0.15) is 23.1 Å². The molecule has 5 heteroatoms. The molecule has 0 amide bonds. The third-order valence-electron chi connectivity index (χ3n) is 2.80. The monoisotopic (exact) mass is 274 g/mol. The minimum absolute atomic E-state index is 0.360. The van der Waals surface area contributed by atoms with Crippen molar-refractivity contribution in [1.29, 1.82) is 0 Å². The first-order valence-corrected chi connectivity index (χ1v) is 6.39. The summed E-state index contributed by atoms with van der Waals surface area (Å²) < 4.78 is 10.6. The number of methoxy groups -OCH3 is 1. The maximum atomic E-state index is 10.4. The molecule has 0 radical (unpaired) electrons. The third-order valence-corrected chi connectivity index (χ3v) is 2.80. The highest BCUT2D eigenvalue weighted by atomic mass is 16.5. The van der Waals surface area contributed by atoms with Gasteiger partial charge >= 0.3 is 0 Å². The minimum Gasteiger partial charge on any atom is -0.491 e. The zero-order valence-corrected chi connectivity index (χ0v) is 11.6. The maximum Gasteiger partial charge on any atom is 0.161 e. The summed E-state index contributed by atoms with van der Waals surface area (Å²) in [5.41, 5.74) is 1.60. The lowest BCUT2D eigenvalue weighted by Crippen LogP contribution is -2.10.